The number of oxazole rings is 1. The molecule has 1 atom stereocenters. The van der Waals surface area contributed by atoms with E-state index in [-0.39, 0.29) is 17.9 Å². The van der Waals surface area contributed by atoms with Crippen LogP contribution in [0, 0.1) is 6.92 Å². The number of aromatic nitrogens is 4. The molecule has 5 aromatic rings. The molecular weight excluding hydrogens is 496 g/mol. The Morgan fingerprint density at radius 2 is 2.03 bits per heavy atom. The molecule has 0 bridgehead atoms. The molecule has 1 aliphatic heterocycles. The summed E-state index contributed by atoms with van der Waals surface area (Å²) in [5, 5.41) is 6.82. The van der Waals surface area contributed by atoms with Crippen LogP contribution in [-0.2, 0) is 4.74 Å². The lowest BCUT2D eigenvalue weighted by atomic mass is 9.98. The zero-order valence-corrected chi connectivity index (χ0v) is 22.3. The number of amides is 1. The van der Waals surface area contributed by atoms with Crippen molar-refractivity contribution in [2.45, 2.75) is 39.2 Å². The van der Waals surface area contributed by atoms with Crippen molar-refractivity contribution < 1.29 is 18.7 Å². The maximum Gasteiger partial charge on any atom is 0.251 e. The van der Waals surface area contributed by atoms with E-state index < -0.39 is 0 Å². The molecule has 1 saturated heterocycles. The van der Waals surface area contributed by atoms with Gasteiger partial charge in [0.25, 0.3) is 5.91 Å². The number of hydrogen-bond acceptors (Lipinski definition) is 8. The molecule has 3 aromatic heterocycles. The summed E-state index contributed by atoms with van der Waals surface area (Å²) in [5.74, 6) is 1.51. The molecule has 0 spiro atoms. The Kier molecular flexibility index (Phi) is 6.40. The molecule has 0 unspecified atom stereocenters. The van der Waals surface area contributed by atoms with E-state index in [0.717, 1.165) is 39.7 Å². The Morgan fingerprint density at radius 1 is 1.15 bits per heavy atom. The molecule has 0 saturated carbocycles. The van der Waals surface area contributed by atoms with Gasteiger partial charge in [0.15, 0.2) is 11.5 Å². The summed E-state index contributed by atoms with van der Waals surface area (Å²) in [5.41, 5.74) is 6.40. The lowest BCUT2D eigenvalue weighted by molar-refractivity contribution is 0.0963. The quantitative estimate of drug-likeness (QED) is 0.255. The van der Waals surface area contributed by atoms with E-state index in [1.165, 1.54) is 0 Å². The fourth-order valence-corrected chi connectivity index (χ4v) is 4.90. The molecule has 1 amide bonds. The fraction of sp³-hybridized carbons (Fsp3) is 0.310. The van der Waals surface area contributed by atoms with E-state index in [1.807, 2.05) is 43.5 Å². The zero-order valence-electron chi connectivity index (χ0n) is 22.3. The predicted octanol–water partition coefficient (Wildman–Crippen LogP) is 5.47. The average molecular weight is 527 g/mol. The Labute approximate surface area is 225 Å². The number of carbonyl (C=O) groups is 1. The highest BCUT2D eigenvalue weighted by molar-refractivity contribution is 5.99. The van der Waals surface area contributed by atoms with Crippen LogP contribution in [0.1, 0.15) is 48.0 Å². The number of anilines is 2. The van der Waals surface area contributed by atoms with Gasteiger partial charge >= 0.3 is 0 Å². The van der Waals surface area contributed by atoms with E-state index in [0.29, 0.717) is 47.7 Å². The van der Waals surface area contributed by atoms with E-state index >= 15 is 0 Å². The van der Waals surface area contributed by atoms with Crippen LogP contribution >= 0.6 is 0 Å². The minimum atomic E-state index is -0.131. The second-order valence-corrected chi connectivity index (χ2v) is 9.96. The summed E-state index contributed by atoms with van der Waals surface area (Å²) in [6, 6.07) is 11.5. The monoisotopic (exact) mass is 526 g/mol. The highest BCUT2D eigenvalue weighted by atomic mass is 16.5. The van der Waals surface area contributed by atoms with Crippen molar-refractivity contribution >= 4 is 39.7 Å². The summed E-state index contributed by atoms with van der Waals surface area (Å²) in [6.45, 7) is 7.16. The SMILES string of the molecule is CNC(=O)c1ccc(Nc2nc(O[C@H]3CCOC3)c3c(-c4ccc5nc(C)oc5c4)c[nH]c3n2)c(C(C)C)c1. The molecule has 10 heteroatoms. The summed E-state index contributed by atoms with van der Waals surface area (Å²) >= 11 is 0. The normalized spacial score (nSPS) is 15.4. The number of aryl methyl sites for hydroxylation is 1. The molecule has 0 aliphatic carbocycles. The number of benzene rings is 2. The predicted molar refractivity (Wildman–Crippen MR) is 149 cm³/mol. The van der Waals surface area contributed by atoms with E-state index in [4.69, 9.17) is 23.9 Å². The minimum Gasteiger partial charge on any atom is -0.471 e. The molecule has 0 radical (unpaired) electrons. The van der Waals surface area contributed by atoms with E-state index in [1.54, 1.807) is 13.1 Å². The van der Waals surface area contributed by atoms with Crippen LogP contribution < -0.4 is 15.4 Å². The van der Waals surface area contributed by atoms with Gasteiger partial charge in [0.2, 0.25) is 11.8 Å². The van der Waals surface area contributed by atoms with Gasteiger partial charge < -0.3 is 29.5 Å². The van der Waals surface area contributed by atoms with Crippen molar-refractivity contribution in [1.29, 1.82) is 0 Å². The molecule has 10 nitrogen and oxygen atoms in total. The average Bonchev–Trinajstić information content (AvgIpc) is 3.67. The van der Waals surface area contributed by atoms with Gasteiger partial charge in [-0.3, -0.25) is 4.79 Å². The Morgan fingerprint density at radius 3 is 2.79 bits per heavy atom. The number of carbonyl (C=O) groups excluding carboxylic acids is 1. The number of nitrogens with one attached hydrogen (secondary N) is 3. The lowest BCUT2D eigenvalue weighted by Gasteiger charge is -2.17. The zero-order chi connectivity index (χ0) is 27.1. The largest absolute Gasteiger partial charge is 0.471 e. The third-order valence-corrected chi connectivity index (χ3v) is 6.88. The number of hydrogen-bond donors (Lipinski definition) is 3. The summed E-state index contributed by atoms with van der Waals surface area (Å²) in [6.07, 6.45) is 2.59. The second-order valence-electron chi connectivity index (χ2n) is 9.96. The van der Waals surface area contributed by atoms with Gasteiger partial charge in [-0.2, -0.15) is 9.97 Å². The first kappa shape index (κ1) is 24.9. The van der Waals surface area contributed by atoms with Gasteiger partial charge in [-0.25, -0.2) is 4.98 Å². The van der Waals surface area contributed by atoms with Crippen LogP contribution in [0.5, 0.6) is 5.88 Å². The first-order chi connectivity index (χ1) is 18.9. The third-order valence-electron chi connectivity index (χ3n) is 6.88. The molecule has 6 rings (SSSR count). The number of aromatic amines is 1. The molecular formula is C29H30N6O4. The Balaban J connectivity index is 1.43. The van der Waals surface area contributed by atoms with Crippen molar-refractivity contribution in [2.75, 3.05) is 25.6 Å². The number of nitrogens with zero attached hydrogens (tertiary/aromatic N) is 3. The topological polar surface area (TPSA) is 127 Å². The number of rotatable bonds is 7. The van der Waals surface area contributed by atoms with Gasteiger partial charge in [-0.1, -0.05) is 19.9 Å². The Hall–Kier alpha value is -4.44. The first-order valence-corrected chi connectivity index (χ1v) is 13.0. The van der Waals surface area contributed by atoms with Crippen LogP contribution in [0.2, 0.25) is 0 Å². The molecule has 2 aromatic carbocycles. The van der Waals surface area contributed by atoms with E-state index in [2.05, 4.69) is 34.4 Å². The van der Waals surface area contributed by atoms with Crippen molar-refractivity contribution in [3.8, 4) is 17.0 Å². The van der Waals surface area contributed by atoms with Gasteiger partial charge in [0.05, 0.1) is 18.6 Å². The molecule has 3 N–H and O–H groups in total. The van der Waals surface area contributed by atoms with Crippen LogP contribution in [0.4, 0.5) is 11.6 Å². The molecule has 1 aliphatic rings. The maximum absolute atomic E-state index is 12.2. The van der Waals surface area contributed by atoms with Crippen molar-refractivity contribution in [3.63, 3.8) is 0 Å². The lowest BCUT2D eigenvalue weighted by Crippen LogP contribution is -2.18. The standard InChI is InChI=1S/C29H30N6O4/c1-15(2)20-11-18(27(36)30-4)6-7-22(20)33-29-34-26-25(28(35-29)39-19-9-10-37-14-19)21(13-31-26)17-5-8-23-24(12-17)38-16(3)32-23/h5-8,11-13,15,19H,9-10,14H2,1-4H3,(H,30,36)(H2,31,33,34,35)/t19-/m0/s1. The van der Waals surface area contributed by atoms with Crippen molar-refractivity contribution in [3.05, 3.63) is 59.6 Å². The summed E-state index contributed by atoms with van der Waals surface area (Å²) in [7, 11) is 1.62. The van der Waals surface area contributed by atoms with Gasteiger partial charge in [0, 0.05) is 43.4 Å². The van der Waals surface area contributed by atoms with Crippen LogP contribution in [-0.4, -0.2) is 52.2 Å². The maximum atomic E-state index is 12.2. The number of ether oxygens (including phenoxy) is 2. The smallest absolute Gasteiger partial charge is 0.251 e. The highest BCUT2D eigenvalue weighted by Crippen LogP contribution is 2.37. The van der Waals surface area contributed by atoms with Crippen molar-refractivity contribution in [2.24, 2.45) is 0 Å². The van der Waals surface area contributed by atoms with Crippen molar-refractivity contribution in [1.82, 2.24) is 25.3 Å². The second kappa shape index (κ2) is 10.0. The fourth-order valence-electron chi connectivity index (χ4n) is 4.90. The molecule has 39 heavy (non-hydrogen) atoms. The minimum absolute atomic E-state index is 0.101. The molecule has 4 heterocycles. The van der Waals surface area contributed by atoms with Gasteiger partial charge in [0.1, 0.15) is 17.3 Å². The number of H-pyrrole nitrogens is 1. The van der Waals surface area contributed by atoms with Gasteiger partial charge in [-0.05, 0) is 47.4 Å². The van der Waals surface area contributed by atoms with E-state index in [9.17, 15) is 4.79 Å². The van der Waals surface area contributed by atoms with Crippen LogP contribution in [0.3, 0.4) is 0 Å². The molecule has 200 valence electrons. The number of fused-ring (bicyclic) bond motifs is 2. The van der Waals surface area contributed by atoms with Gasteiger partial charge in [-0.15, -0.1) is 0 Å². The first-order valence-electron chi connectivity index (χ1n) is 13.0. The Bertz CT molecular complexity index is 1680. The third kappa shape index (κ3) is 4.79. The summed E-state index contributed by atoms with van der Waals surface area (Å²) < 4.78 is 17.7. The van der Waals surface area contributed by atoms with Crippen LogP contribution in [0.15, 0.2) is 47.0 Å². The highest BCUT2D eigenvalue weighted by Gasteiger charge is 2.23. The molecule has 1 fully saturated rings. The summed E-state index contributed by atoms with van der Waals surface area (Å²) in [4.78, 5) is 29.5. The van der Waals surface area contributed by atoms with Crippen LogP contribution in [0.25, 0.3) is 33.3 Å².